The number of aromatic nitrogens is 3. The summed E-state index contributed by atoms with van der Waals surface area (Å²) < 4.78 is 61.0. The van der Waals surface area contributed by atoms with Gasteiger partial charge < -0.3 is 14.4 Å². The number of pyridine rings is 2. The minimum Gasteiger partial charge on any atom is -0.498 e. The molecule has 41 heavy (non-hydrogen) atoms. The van der Waals surface area contributed by atoms with E-state index in [4.69, 9.17) is 14.0 Å². The molecule has 7 aromatic rings. The number of hydrogen-bond donors (Lipinski definition) is 0. The van der Waals surface area contributed by atoms with Crippen LogP contribution in [0.15, 0.2) is 83.5 Å². The Bertz CT molecular complexity index is 2220. The Balaban J connectivity index is 0.000000224. The van der Waals surface area contributed by atoms with E-state index in [1.165, 1.54) is 12.4 Å². The molecule has 3 aromatic carbocycles. The molecule has 4 nitrogen and oxygen atoms in total. The van der Waals surface area contributed by atoms with Crippen molar-refractivity contribution in [1.29, 1.82) is 0 Å². The molecule has 0 spiro atoms. The largest absolute Gasteiger partial charge is 0.498 e. The van der Waals surface area contributed by atoms with Crippen LogP contribution in [0.5, 0.6) is 0 Å². The fourth-order valence-corrected chi connectivity index (χ4v) is 5.43. The fourth-order valence-electron chi connectivity index (χ4n) is 4.60. The number of fused-ring (bicyclic) bond motifs is 5. The van der Waals surface area contributed by atoms with Gasteiger partial charge in [0.25, 0.3) is 0 Å². The van der Waals surface area contributed by atoms with Crippen molar-refractivity contribution in [3.05, 3.63) is 113 Å². The molecule has 1 radical (unpaired) electrons. The average Bonchev–Trinajstić information content (AvgIpc) is 3.60. The standard InChI is InChI=1S/C23H19N2OS.C12H10N.Ir/c1-12(2)18-10-19(24-11-13(18)3)17-7-5-6-15-16-8-9-20-21(25-14(4)27-20)23(16)26-22(15)17;1-10-7-8-12(13-9-10)11-5-3-2-4-6-11;/h5-6,8-12H,1-4H3;2-5,7-9H,1H3;/q2*-1;/i3D3,12D;1D3;. The molecule has 0 amide bonds. The zero-order valence-corrected chi connectivity index (χ0v) is 25.7. The maximum atomic E-state index is 8.48. The molecule has 0 aliphatic heterocycles. The van der Waals surface area contributed by atoms with Gasteiger partial charge in [0.15, 0.2) is 0 Å². The summed E-state index contributed by atoms with van der Waals surface area (Å²) in [5.74, 6) is -1.10. The summed E-state index contributed by atoms with van der Waals surface area (Å²) in [5.41, 5.74) is 5.69. The summed E-state index contributed by atoms with van der Waals surface area (Å²) in [5, 5.41) is 2.85. The van der Waals surface area contributed by atoms with E-state index < -0.39 is 19.6 Å². The summed E-state index contributed by atoms with van der Waals surface area (Å²) >= 11 is 1.62. The molecule has 0 atom stereocenters. The van der Waals surface area contributed by atoms with Crippen molar-refractivity contribution < 1.29 is 34.1 Å². The topological polar surface area (TPSA) is 51.8 Å². The van der Waals surface area contributed by atoms with Crippen LogP contribution < -0.4 is 0 Å². The second-order valence-electron chi connectivity index (χ2n) is 9.54. The van der Waals surface area contributed by atoms with E-state index >= 15 is 0 Å². The molecular weight excluding hydrogens is 703 g/mol. The fraction of sp³-hybridized carbons (Fsp3) is 0.171. The van der Waals surface area contributed by atoms with E-state index in [0.29, 0.717) is 22.4 Å². The second-order valence-corrected chi connectivity index (χ2v) is 10.8. The quantitative estimate of drug-likeness (QED) is 0.170. The number of rotatable bonds is 3. The third-order valence-corrected chi connectivity index (χ3v) is 7.45. The van der Waals surface area contributed by atoms with Gasteiger partial charge in [0, 0.05) is 47.5 Å². The number of furan rings is 1. The first kappa shape index (κ1) is 21.1. The van der Waals surface area contributed by atoms with Crippen molar-refractivity contribution in [3.8, 4) is 22.5 Å². The Kier molecular flexibility index (Phi) is 6.19. The van der Waals surface area contributed by atoms with Crippen LogP contribution in [0.3, 0.4) is 0 Å². The maximum Gasteiger partial charge on any atom is 0.148 e. The number of thiazole rings is 1. The predicted molar refractivity (Wildman–Crippen MR) is 166 cm³/mol. The molecule has 4 aromatic heterocycles. The van der Waals surface area contributed by atoms with E-state index in [1.54, 1.807) is 49.4 Å². The predicted octanol–water partition coefficient (Wildman–Crippen LogP) is 9.65. The second kappa shape index (κ2) is 12.0. The van der Waals surface area contributed by atoms with Gasteiger partial charge in [-0.1, -0.05) is 49.1 Å². The Labute approximate surface area is 267 Å². The van der Waals surface area contributed by atoms with Crippen molar-refractivity contribution in [3.63, 3.8) is 0 Å². The minimum atomic E-state index is -2.34. The number of aryl methyl sites for hydroxylation is 3. The van der Waals surface area contributed by atoms with Crippen molar-refractivity contribution in [2.45, 2.75) is 40.4 Å². The third-order valence-electron chi connectivity index (χ3n) is 6.51. The first-order chi connectivity index (χ1) is 22.1. The minimum absolute atomic E-state index is 0. The number of nitrogens with zero attached hydrogens (tertiary/aromatic N) is 3. The van der Waals surface area contributed by atoms with Crippen LogP contribution in [0.1, 0.15) is 51.0 Å². The van der Waals surface area contributed by atoms with Gasteiger partial charge in [0.05, 0.1) is 15.3 Å². The normalized spacial score (nSPS) is 14.5. The Morgan fingerprint density at radius 3 is 2.49 bits per heavy atom. The maximum absolute atomic E-state index is 8.48. The Morgan fingerprint density at radius 2 is 1.76 bits per heavy atom. The molecule has 0 saturated heterocycles. The van der Waals surface area contributed by atoms with Gasteiger partial charge in [-0.25, -0.2) is 4.98 Å². The monoisotopic (exact) mass is 739 g/mol. The van der Waals surface area contributed by atoms with Crippen LogP contribution in [0.2, 0.25) is 0 Å². The molecule has 0 aliphatic carbocycles. The Hall–Kier alpha value is -3.70. The van der Waals surface area contributed by atoms with Gasteiger partial charge in [-0.2, -0.15) is 0 Å². The van der Waals surface area contributed by atoms with Crippen LogP contribution in [-0.4, -0.2) is 15.0 Å². The Morgan fingerprint density at radius 1 is 0.902 bits per heavy atom. The molecule has 0 fully saturated rings. The first-order valence-corrected chi connectivity index (χ1v) is 13.5. The van der Waals surface area contributed by atoms with Crippen molar-refractivity contribution >= 4 is 43.5 Å². The summed E-state index contributed by atoms with van der Waals surface area (Å²) in [6.07, 6.45) is 2.74. The SMILES string of the molecule is [2H]C([2H])([2H])c1ccc(-c2[c-]cccc2)nc1.[2H]C([2H])([2H])c1cnc(-c2[c-]ccc3c2oc2c3ccc3sc(C)nc32)cc1C([2H])(C)C.[Ir]. The molecule has 0 bridgehead atoms. The smallest absolute Gasteiger partial charge is 0.148 e. The summed E-state index contributed by atoms with van der Waals surface area (Å²) in [4.78, 5) is 13.2. The van der Waals surface area contributed by atoms with Crippen molar-refractivity contribution in [1.82, 2.24) is 15.0 Å². The number of benzene rings is 3. The summed E-state index contributed by atoms with van der Waals surface area (Å²) in [6, 6.07) is 26.5. The summed E-state index contributed by atoms with van der Waals surface area (Å²) in [7, 11) is 0. The van der Waals surface area contributed by atoms with Crippen LogP contribution >= 0.6 is 11.3 Å². The van der Waals surface area contributed by atoms with Gasteiger partial charge in [-0.3, -0.25) is 0 Å². The molecular formula is C35H29IrN3OS-2. The molecule has 7 rings (SSSR count). The van der Waals surface area contributed by atoms with Gasteiger partial charge in [0.1, 0.15) is 11.1 Å². The first-order valence-electron chi connectivity index (χ1n) is 16.2. The van der Waals surface area contributed by atoms with Crippen LogP contribution in [0.4, 0.5) is 0 Å². The van der Waals surface area contributed by atoms with Crippen LogP contribution in [0, 0.1) is 32.8 Å². The van der Waals surface area contributed by atoms with E-state index in [-0.39, 0.29) is 31.2 Å². The van der Waals surface area contributed by atoms with E-state index in [0.717, 1.165) is 42.8 Å². The number of hydrogen-bond acceptors (Lipinski definition) is 5. The molecule has 4 heterocycles. The zero-order chi connectivity index (χ0) is 33.7. The third kappa shape index (κ3) is 5.73. The molecule has 0 saturated carbocycles. The molecule has 207 valence electrons. The molecule has 0 unspecified atom stereocenters. The van der Waals surface area contributed by atoms with Crippen LogP contribution in [0.25, 0.3) is 54.7 Å². The van der Waals surface area contributed by atoms with Gasteiger partial charge >= 0.3 is 0 Å². The molecule has 0 N–H and O–H groups in total. The van der Waals surface area contributed by atoms with Gasteiger partial charge in [-0.05, 0) is 60.7 Å². The zero-order valence-electron chi connectivity index (χ0n) is 29.5. The average molecular weight is 739 g/mol. The van der Waals surface area contributed by atoms with E-state index in [2.05, 4.69) is 33.2 Å². The van der Waals surface area contributed by atoms with E-state index in [9.17, 15) is 0 Å². The van der Waals surface area contributed by atoms with Gasteiger partial charge in [0.2, 0.25) is 0 Å². The molecule has 0 aliphatic rings. The van der Waals surface area contributed by atoms with Crippen molar-refractivity contribution in [2.75, 3.05) is 0 Å². The summed E-state index contributed by atoms with van der Waals surface area (Å²) in [6.45, 7) is 0.884. The molecule has 6 heteroatoms. The van der Waals surface area contributed by atoms with Crippen LogP contribution in [-0.2, 0) is 20.1 Å². The van der Waals surface area contributed by atoms with Crippen molar-refractivity contribution in [2.24, 2.45) is 0 Å². The van der Waals surface area contributed by atoms with E-state index in [1.807, 2.05) is 43.3 Å². The van der Waals surface area contributed by atoms with Gasteiger partial charge in [-0.15, -0.1) is 65.4 Å².